The fourth-order valence-electron chi connectivity index (χ4n) is 1.15. The van der Waals surface area contributed by atoms with E-state index in [1.165, 1.54) is 0 Å². The van der Waals surface area contributed by atoms with Gasteiger partial charge in [0, 0.05) is 5.56 Å². The third-order valence-corrected chi connectivity index (χ3v) is 2.46. The Hall–Kier alpha value is -1.64. The highest BCUT2D eigenvalue weighted by Crippen LogP contribution is 2.05. The van der Waals surface area contributed by atoms with Crippen molar-refractivity contribution < 1.29 is 14.3 Å². The summed E-state index contributed by atoms with van der Waals surface area (Å²) in [6.45, 7) is 3.52. The summed E-state index contributed by atoms with van der Waals surface area (Å²) in [7, 11) is 0. The molecule has 0 aromatic heterocycles. The van der Waals surface area contributed by atoms with E-state index >= 15 is 0 Å². The van der Waals surface area contributed by atoms with Crippen molar-refractivity contribution in [2.24, 2.45) is 5.92 Å². The third-order valence-electron chi connectivity index (χ3n) is 2.46. The fourth-order valence-corrected chi connectivity index (χ4v) is 1.15. The smallest absolute Gasteiger partial charge is 0.309 e. The van der Waals surface area contributed by atoms with Gasteiger partial charge in [-0.3, -0.25) is 9.59 Å². The molecule has 0 aliphatic rings. The van der Waals surface area contributed by atoms with E-state index in [1.54, 1.807) is 31.2 Å². The highest BCUT2D eigenvalue weighted by molar-refractivity contribution is 5.97. The van der Waals surface area contributed by atoms with Gasteiger partial charge in [-0.25, -0.2) is 0 Å². The van der Waals surface area contributed by atoms with E-state index in [0.717, 1.165) is 6.42 Å². The fraction of sp³-hybridized carbons (Fsp3) is 0.385. The van der Waals surface area contributed by atoms with Crippen molar-refractivity contribution in [3.05, 3.63) is 35.9 Å². The lowest BCUT2D eigenvalue weighted by Crippen LogP contribution is -2.19. The van der Waals surface area contributed by atoms with Crippen LogP contribution in [0.25, 0.3) is 0 Å². The van der Waals surface area contributed by atoms with Crippen LogP contribution in [0.5, 0.6) is 0 Å². The number of hydrogen-bond acceptors (Lipinski definition) is 3. The zero-order valence-corrected chi connectivity index (χ0v) is 9.60. The number of carbonyl (C=O) groups excluding carboxylic acids is 2. The molecule has 0 radical (unpaired) electrons. The van der Waals surface area contributed by atoms with Crippen molar-refractivity contribution in [1.29, 1.82) is 0 Å². The highest BCUT2D eigenvalue weighted by atomic mass is 16.5. The molecule has 0 amide bonds. The second kappa shape index (κ2) is 6.05. The lowest BCUT2D eigenvalue weighted by molar-refractivity contribution is -0.146. The van der Waals surface area contributed by atoms with E-state index in [2.05, 4.69) is 0 Å². The van der Waals surface area contributed by atoms with Crippen LogP contribution in [-0.2, 0) is 9.53 Å². The van der Waals surface area contributed by atoms with E-state index in [9.17, 15) is 9.59 Å². The van der Waals surface area contributed by atoms with Crippen molar-refractivity contribution in [1.82, 2.24) is 0 Å². The van der Waals surface area contributed by atoms with Crippen LogP contribution in [0.1, 0.15) is 30.6 Å². The second-order valence-corrected chi connectivity index (χ2v) is 3.71. The quantitative estimate of drug-likeness (QED) is 0.565. The largest absolute Gasteiger partial charge is 0.457 e. The van der Waals surface area contributed by atoms with Crippen LogP contribution in [-0.4, -0.2) is 18.4 Å². The first kappa shape index (κ1) is 12.4. The summed E-state index contributed by atoms with van der Waals surface area (Å²) in [5, 5.41) is 0. The molecule has 1 atom stereocenters. The van der Waals surface area contributed by atoms with Crippen molar-refractivity contribution >= 4 is 11.8 Å². The van der Waals surface area contributed by atoms with Gasteiger partial charge >= 0.3 is 5.97 Å². The Balaban J connectivity index is 2.45. The SMILES string of the molecule is CCC(C)C(=O)OCC(=O)c1ccccc1. The van der Waals surface area contributed by atoms with Crippen LogP contribution in [0.15, 0.2) is 30.3 Å². The summed E-state index contributed by atoms with van der Waals surface area (Å²) < 4.78 is 4.92. The molecule has 1 aromatic rings. The predicted molar refractivity (Wildman–Crippen MR) is 61.2 cm³/mol. The molecule has 0 aliphatic heterocycles. The third kappa shape index (κ3) is 3.50. The first-order valence-electron chi connectivity index (χ1n) is 5.40. The molecule has 1 rings (SSSR count). The van der Waals surface area contributed by atoms with Gasteiger partial charge in [-0.2, -0.15) is 0 Å². The van der Waals surface area contributed by atoms with Crippen LogP contribution in [0.4, 0.5) is 0 Å². The molecule has 1 unspecified atom stereocenters. The number of benzene rings is 1. The molecule has 1 aromatic carbocycles. The van der Waals surface area contributed by atoms with Crippen LogP contribution >= 0.6 is 0 Å². The molecule has 0 aliphatic carbocycles. The molecule has 3 nitrogen and oxygen atoms in total. The Kier molecular flexibility index (Phi) is 4.70. The number of ether oxygens (including phenoxy) is 1. The Bertz CT molecular complexity index is 357. The zero-order valence-electron chi connectivity index (χ0n) is 9.60. The standard InChI is InChI=1S/C13H16O3/c1-3-10(2)13(15)16-9-12(14)11-7-5-4-6-8-11/h4-8,10H,3,9H2,1-2H3. The van der Waals surface area contributed by atoms with Gasteiger partial charge in [-0.15, -0.1) is 0 Å². The molecule has 3 heteroatoms. The molecule has 16 heavy (non-hydrogen) atoms. The molecule has 0 fully saturated rings. The minimum atomic E-state index is -0.313. The Morgan fingerprint density at radius 3 is 2.44 bits per heavy atom. The lowest BCUT2D eigenvalue weighted by Gasteiger charge is -2.08. The minimum absolute atomic E-state index is 0.149. The summed E-state index contributed by atoms with van der Waals surface area (Å²) in [5.74, 6) is -0.632. The summed E-state index contributed by atoms with van der Waals surface area (Å²) in [6, 6.07) is 8.81. The molecule has 0 bridgehead atoms. The van der Waals surface area contributed by atoms with E-state index in [1.807, 2.05) is 13.0 Å². The topological polar surface area (TPSA) is 43.4 Å². The zero-order chi connectivity index (χ0) is 12.0. The van der Waals surface area contributed by atoms with Gasteiger partial charge in [-0.05, 0) is 6.42 Å². The van der Waals surface area contributed by atoms with Crippen LogP contribution in [0.2, 0.25) is 0 Å². The molecular weight excluding hydrogens is 204 g/mol. The van der Waals surface area contributed by atoms with Gasteiger partial charge < -0.3 is 4.74 Å². The van der Waals surface area contributed by atoms with Gasteiger partial charge in [0.05, 0.1) is 5.92 Å². The van der Waals surface area contributed by atoms with E-state index in [0.29, 0.717) is 5.56 Å². The molecule has 0 saturated carbocycles. The normalized spacial score (nSPS) is 11.9. The molecule has 0 saturated heterocycles. The molecule has 0 heterocycles. The second-order valence-electron chi connectivity index (χ2n) is 3.71. The number of hydrogen-bond donors (Lipinski definition) is 0. The van der Waals surface area contributed by atoms with Crippen molar-refractivity contribution in [3.8, 4) is 0 Å². The van der Waals surface area contributed by atoms with E-state index < -0.39 is 0 Å². The average molecular weight is 220 g/mol. The summed E-state index contributed by atoms with van der Waals surface area (Å²) in [6.07, 6.45) is 0.721. The number of carbonyl (C=O) groups is 2. The summed E-state index contributed by atoms with van der Waals surface area (Å²) >= 11 is 0. The monoisotopic (exact) mass is 220 g/mol. The maximum absolute atomic E-state index is 11.6. The van der Waals surface area contributed by atoms with Gasteiger partial charge in [0.2, 0.25) is 0 Å². The highest BCUT2D eigenvalue weighted by Gasteiger charge is 2.14. The molecule has 0 N–H and O–H groups in total. The lowest BCUT2D eigenvalue weighted by atomic mass is 10.1. The molecular formula is C13H16O3. The van der Waals surface area contributed by atoms with Crippen LogP contribution in [0, 0.1) is 5.92 Å². The first-order chi connectivity index (χ1) is 7.65. The number of ketones is 1. The van der Waals surface area contributed by atoms with Gasteiger partial charge in [0.1, 0.15) is 0 Å². The number of Topliss-reactive ketones (excluding diaryl/α,β-unsaturated/α-hetero) is 1. The number of rotatable bonds is 5. The van der Waals surface area contributed by atoms with Crippen LogP contribution < -0.4 is 0 Å². The Morgan fingerprint density at radius 1 is 1.25 bits per heavy atom. The average Bonchev–Trinajstić information content (AvgIpc) is 2.35. The van der Waals surface area contributed by atoms with E-state index in [-0.39, 0.29) is 24.3 Å². The van der Waals surface area contributed by atoms with Gasteiger partial charge in [-0.1, -0.05) is 44.2 Å². The van der Waals surface area contributed by atoms with E-state index in [4.69, 9.17) is 4.74 Å². The minimum Gasteiger partial charge on any atom is -0.457 e. The first-order valence-corrected chi connectivity index (χ1v) is 5.40. The maximum atomic E-state index is 11.6. The molecule has 0 spiro atoms. The molecule has 86 valence electrons. The van der Waals surface area contributed by atoms with Crippen molar-refractivity contribution in [2.75, 3.05) is 6.61 Å². The van der Waals surface area contributed by atoms with Gasteiger partial charge in [0.25, 0.3) is 0 Å². The number of esters is 1. The Morgan fingerprint density at radius 2 is 1.88 bits per heavy atom. The van der Waals surface area contributed by atoms with Gasteiger partial charge in [0.15, 0.2) is 12.4 Å². The van der Waals surface area contributed by atoms with Crippen molar-refractivity contribution in [2.45, 2.75) is 20.3 Å². The maximum Gasteiger partial charge on any atom is 0.309 e. The summed E-state index contributed by atoms with van der Waals surface area (Å²) in [5.41, 5.74) is 0.569. The predicted octanol–water partition coefficient (Wildman–Crippen LogP) is 2.46. The van der Waals surface area contributed by atoms with Crippen LogP contribution in [0.3, 0.4) is 0 Å². The Labute approximate surface area is 95.4 Å². The summed E-state index contributed by atoms with van der Waals surface area (Å²) in [4.78, 5) is 22.9. The van der Waals surface area contributed by atoms with Crippen molar-refractivity contribution in [3.63, 3.8) is 0 Å².